The van der Waals surface area contributed by atoms with Crippen molar-refractivity contribution >= 4 is 21.8 Å². The first-order valence-electron chi connectivity index (χ1n) is 9.73. The molecule has 1 heterocycles. The van der Waals surface area contributed by atoms with Gasteiger partial charge < -0.3 is 14.6 Å². The number of nitrogens with one attached hydrogen (secondary N) is 1. The number of aromatic nitrogens is 1. The highest BCUT2D eigenvalue weighted by molar-refractivity contribution is 9.10. The maximum Gasteiger partial charge on any atom is 0.417 e. The van der Waals surface area contributed by atoms with Crippen LogP contribution in [-0.4, -0.2) is 29.9 Å². The summed E-state index contributed by atoms with van der Waals surface area (Å²) in [5.74, 6) is -2.61. The molecule has 3 rings (SSSR count). The molecule has 180 valence electrons. The summed E-state index contributed by atoms with van der Waals surface area (Å²) in [5.41, 5.74) is -2.46. The van der Waals surface area contributed by atoms with Crippen LogP contribution in [0.3, 0.4) is 0 Å². The van der Waals surface area contributed by atoms with Crippen molar-refractivity contribution in [3.63, 3.8) is 0 Å². The van der Waals surface area contributed by atoms with Gasteiger partial charge in [0, 0.05) is 42.5 Å². The summed E-state index contributed by atoms with van der Waals surface area (Å²) in [7, 11) is 2.82. The minimum absolute atomic E-state index is 0.0555. The zero-order valence-corrected chi connectivity index (χ0v) is 19.7. The molecule has 0 unspecified atom stereocenters. The van der Waals surface area contributed by atoms with Crippen molar-refractivity contribution in [2.75, 3.05) is 14.1 Å². The van der Waals surface area contributed by atoms with E-state index in [0.29, 0.717) is 6.07 Å². The Labute approximate surface area is 199 Å². The molecule has 0 fully saturated rings. The Hall–Kier alpha value is -3.21. The second-order valence-electron chi connectivity index (χ2n) is 7.58. The summed E-state index contributed by atoms with van der Waals surface area (Å²) in [4.78, 5) is 28.1. The van der Waals surface area contributed by atoms with Gasteiger partial charge >= 0.3 is 6.18 Å². The SMILES string of the molecule is Cc1[nH]c(=O)c(Br)c(OCc2ccc(F)cc2F)c1-c1ccc(C(=O)N(C)C)cc1C(F)(F)F. The number of pyridine rings is 1. The Morgan fingerprint density at radius 1 is 1.12 bits per heavy atom. The van der Waals surface area contributed by atoms with Crippen molar-refractivity contribution in [3.8, 4) is 16.9 Å². The molecule has 0 radical (unpaired) electrons. The smallest absolute Gasteiger partial charge is 0.417 e. The van der Waals surface area contributed by atoms with Gasteiger partial charge in [-0.25, -0.2) is 8.78 Å². The third kappa shape index (κ3) is 5.14. The van der Waals surface area contributed by atoms with Crippen LogP contribution >= 0.6 is 15.9 Å². The molecule has 5 nitrogen and oxygen atoms in total. The molecule has 1 N–H and O–H groups in total. The lowest BCUT2D eigenvalue weighted by atomic mass is 9.95. The summed E-state index contributed by atoms with van der Waals surface area (Å²) in [5, 5.41) is 0. The molecule has 34 heavy (non-hydrogen) atoms. The molecule has 1 amide bonds. The van der Waals surface area contributed by atoms with Crippen molar-refractivity contribution in [1.29, 1.82) is 0 Å². The molecule has 0 saturated heterocycles. The second-order valence-corrected chi connectivity index (χ2v) is 8.37. The quantitative estimate of drug-likeness (QED) is 0.420. The van der Waals surface area contributed by atoms with Crippen LogP contribution in [-0.2, 0) is 12.8 Å². The highest BCUT2D eigenvalue weighted by Crippen LogP contribution is 2.43. The number of halogens is 6. The first-order chi connectivity index (χ1) is 15.8. The van der Waals surface area contributed by atoms with E-state index in [-0.39, 0.29) is 38.2 Å². The van der Waals surface area contributed by atoms with E-state index in [1.807, 2.05) is 0 Å². The highest BCUT2D eigenvalue weighted by atomic mass is 79.9. The van der Waals surface area contributed by atoms with E-state index in [2.05, 4.69) is 20.9 Å². The topological polar surface area (TPSA) is 62.4 Å². The lowest BCUT2D eigenvalue weighted by Gasteiger charge is -2.20. The van der Waals surface area contributed by atoms with Crippen LogP contribution in [0.4, 0.5) is 22.0 Å². The number of amides is 1. The van der Waals surface area contributed by atoms with E-state index < -0.39 is 41.4 Å². The Morgan fingerprint density at radius 3 is 2.38 bits per heavy atom. The minimum atomic E-state index is -4.85. The third-order valence-corrected chi connectivity index (χ3v) is 5.66. The molecule has 2 aromatic carbocycles. The Balaban J connectivity index is 2.20. The van der Waals surface area contributed by atoms with Gasteiger partial charge in [0.1, 0.15) is 28.5 Å². The number of carbonyl (C=O) groups is 1. The first kappa shape index (κ1) is 25.4. The van der Waals surface area contributed by atoms with E-state index in [4.69, 9.17) is 4.74 Å². The van der Waals surface area contributed by atoms with Gasteiger partial charge in [-0.15, -0.1) is 0 Å². The molecule has 1 aromatic heterocycles. The molecular formula is C23H18BrF5N2O3. The third-order valence-electron chi connectivity index (χ3n) is 4.94. The molecule has 0 atom stereocenters. The van der Waals surface area contributed by atoms with Crippen molar-refractivity contribution < 1.29 is 31.5 Å². The van der Waals surface area contributed by atoms with Crippen LogP contribution in [0.5, 0.6) is 5.75 Å². The fourth-order valence-corrected chi connectivity index (χ4v) is 3.72. The molecule has 0 bridgehead atoms. The van der Waals surface area contributed by atoms with Crippen molar-refractivity contribution in [2.24, 2.45) is 0 Å². The second kappa shape index (κ2) is 9.57. The summed E-state index contributed by atoms with van der Waals surface area (Å²) >= 11 is 3.03. The summed E-state index contributed by atoms with van der Waals surface area (Å²) in [6, 6.07) is 5.83. The molecule has 0 spiro atoms. The standard InChI is InChI=1S/C23H18BrF5N2O3/c1-11-18(15-7-5-12(22(33)31(2)3)8-16(15)23(27,28)29)20(19(24)21(32)30-11)34-10-13-4-6-14(25)9-17(13)26/h4-9H,10H2,1-3H3,(H,30,32). The Morgan fingerprint density at radius 2 is 1.79 bits per heavy atom. The van der Waals surface area contributed by atoms with Gasteiger partial charge in [0.25, 0.3) is 11.5 Å². The van der Waals surface area contributed by atoms with Crippen LogP contribution in [0.25, 0.3) is 11.1 Å². The number of aryl methyl sites for hydroxylation is 1. The van der Waals surface area contributed by atoms with Gasteiger partial charge in [-0.2, -0.15) is 13.2 Å². The van der Waals surface area contributed by atoms with Crippen LogP contribution in [0.1, 0.15) is 27.2 Å². The lowest BCUT2D eigenvalue weighted by Crippen LogP contribution is -2.22. The van der Waals surface area contributed by atoms with Crippen LogP contribution in [0.15, 0.2) is 45.7 Å². The van der Waals surface area contributed by atoms with E-state index in [9.17, 15) is 31.5 Å². The summed E-state index contributed by atoms with van der Waals surface area (Å²) < 4.78 is 74.7. The number of rotatable bonds is 5. The normalized spacial score (nSPS) is 11.4. The molecule has 0 aliphatic rings. The van der Waals surface area contributed by atoms with Gasteiger partial charge in [-0.1, -0.05) is 6.07 Å². The Bertz CT molecular complexity index is 1320. The average Bonchev–Trinajstić information content (AvgIpc) is 2.74. The number of hydrogen-bond donors (Lipinski definition) is 1. The molecule has 0 aliphatic carbocycles. The maximum atomic E-state index is 14.1. The molecule has 3 aromatic rings. The van der Waals surface area contributed by atoms with Crippen LogP contribution in [0.2, 0.25) is 0 Å². The van der Waals surface area contributed by atoms with E-state index in [1.165, 1.54) is 27.1 Å². The monoisotopic (exact) mass is 544 g/mol. The number of H-pyrrole nitrogens is 1. The maximum absolute atomic E-state index is 14.1. The fraction of sp³-hybridized carbons (Fsp3) is 0.217. The number of alkyl halides is 3. The van der Waals surface area contributed by atoms with Gasteiger partial charge in [0.05, 0.1) is 5.56 Å². The first-order valence-corrected chi connectivity index (χ1v) is 10.5. The van der Waals surface area contributed by atoms with Gasteiger partial charge in [0.2, 0.25) is 0 Å². The number of ether oxygens (including phenoxy) is 1. The average molecular weight is 545 g/mol. The Kier molecular flexibility index (Phi) is 7.15. The van der Waals surface area contributed by atoms with Crippen LogP contribution < -0.4 is 10.3 Å². The van der Waals surface area contributed by atoms with Crippen molar-refractivity contribution in [3.05, 3.63) is 85.2 Å². The largest absolute Gasteiger partial charge is 0.487 e. The molecule has 0 saturated carbocycles. The minimum Gasteiger partial charge on any atom is -0.487 e. The number of benzene rings is 2. The van der Waals surface area contributed by atoms with E-state index in [1.54, 1.807) is 0 Å². The van der Waals surface area contributed by atoms with Crippen LogP contribution in [0, 0.1) is 18.6 Å². The number of aromatic amines is 1. The lowest BCUT2D eigenvalue weighted by molar-refractivity contribution is -0.137. The molecule has 11 heteroatoms. The van der Waals surface area contributed by atoms with Gasteiger partial charge in [-0.05, 0) is 52.7 Å². The molecule has 0 aliphatic heterocycles. The number of nitrogens with zero attached hydrogens (tertiary/aromatic N) is 1. The van der Waals surface area contributed by atoms with Crippen molar-refractivity contribution in [2.45, 2.75) is 19.7 Å². The van der Waals surface area contributed by atoms with Gasteiger partial charge in [0.15, 0.2) is 0 Å². The number of carbonyl (C=O) groups excluding carboxylic acids is 1. The van der Waals surface area contributed by atoms with Gasteiger partial charge in [-0.3, -0.25) is 9.59 Å². The zero-order valence-electron chi connectivity index (χ0n) is 18.1. The number of hydrogen-bond acceptors (Lipinski definition) is 3. The van der Waals surface area contributed by atoms with E-state index >= 15 is 0 Å². The van der Waals surface area contributed by atoms with E-state index in [0.717, 1.165) is 29.2 Å². The zero-order chi connectivity index (χ0) is 25.4. The summed E-state index contributed by atoms with van der Waals surface area (Å²) in [6.07, 6.45) is -4.85. The summed E-state index contributed by atoms with van der Waals surface area (Å²) in [6.45, 7) is 0.896. The molecular weight excluding hydrogens is 527 g/mol. The van der Waals surface area contributed by atoms with Crippen molar-refractivity contribution in [1.82, 2.24) is 9.88 Å². The predicted octanol–water partition coefficient (Wildman–Crippen LogP) is 5.69. The highest BCUT2D eigenvalue weighted by Gasteiger charge is 2.36. The predicted molar refractivity (Wildman–Crippen MR) is 119 cm³/mol. The fourth-order valence-electron chi connectivity index (χ4n) is 3.31.